The molecule has 0 spiro atoms. The van der Waals surface area contributed by atoms with E-state index in [1.165, 1.54) is 25.5 Å². The molecule has 6 heteroatoms. The molecule has 4 rings (SSSR count). The van der Waals surface area contributed by atoms with E-state index >= 15 is 0 Å². The fraction of sp³-hybridized carbons (Fsp3) is 0.368. The Bertz CT molecular complexity index is 875. The highest BCUT2D eigenvalue weighted by Gasteiger charge is 2.18. The molecule has 3 heterocycles. The lowest BCUT2D eigenvalue weighted by atomic mass is 9.95. The number of H-pyrrole nitrogens is 1. The Morgan fingerprint density at radius 3 is 2.92 bits per heavy atom. The van der Waals surface area contributed by atoms with Crippen molar-refractivity contribution in [2.24, 2.45) is 4.99 Å². The van der Waals surface area contributed by atoms with Crippen LogP contribution in [0.2, 0.25) is 5.02 Å². The molecule has 130 valence electrons. The number of nitrogens with one attached hydrogen (secondary N) is 2. The summed E-state index contributed by atoms with van der Waals surface area (Å²) in [6.07, 6.45) is 13.1. The van der Waals surface area contributed by atoms with Crippen LogP contribution >= 0.6 is 11.6 Å². The first-order chi connectivity index (χ1) is 12.2. The van der Waals surface area contributed by atoms with E-state index in [2.05, 4.69) is 20.3 Å². The van der Waals surface area contributed by atoms with E-state index in [0.717, 1.165) is 35.1 Å². The molecular formula is C19H20ClFN4. The molecule has 4 nitrogen and oxygen atoms in total. The maximum absolute atomic E-state index is 14.4. The van der Waals surface area contributed by atoms with Crippen molar-refractivity contribution < 1.29 is 4.39 Å². The van der Waals surface area contributed by atoms with E-state index in [-0.39, 0.29) is 5.83 Å². The Balaban J connectivity index is 1.58. The largest absolute Gasteiger partial charge is 0.383 e. The Labute approximate surface area is 150 Å². The summed E-state index contributed by atoms with van der Waals surface area (Å²) in [4.78, 5) is 11.7. The molecule has 25 heavy (non-hydrogen) atoms. The van der Waals surface area contributed by atoms with Gasteiger partial charge in [0.2, 0.25) is 0 Å². The number of aliphatic imine (C=N–C) groups is 1. The summed E-state index contributed by atoms with van der Waals surface area (Å²) in [7, 11) is 0. The monoisotopic (exact) mass is 358 g/mol. The number of allylic oxidation sites excluding steroid dienone is 2. The number of aromatic amines is 1. The zero-order valence-corrected chi connectivity index (χ0v) is 14.6. The summed E-state index contributed by atoms with van der Waals surface area (Å²) >= 11 is 6.06. The smallest absolute Gasteiger partial charge is 0.160 e. The molecule has 0 saturated heterocycles. The van der Waals surface area contributed by atoms with E-state index in [1.54, 1.807) is 6.20 Å². The average Bonchev–Trinajstić information content (AvgIpc) is 2.95. The summed E-state index contributed by atoms with van der Waals surface area (Å²) in [5.41, 5.74) is 2.98. The third-order valence-electron chi connectivity index (χ3n) is 4.86. The molecule has 0 unspecified atom stereocenters. The van der Waals surface area contributed by atoms with Gasteiger partial charge in [0.25, 0.3) is 0 Å². The summed E-state index contributed by atoms with van der Waals surface area (Å²) in [5.74, 6) is -0.284. The number of aromatic nitrogens is 2. The highest BCUT2D eigenvalue weighted by Crippen LogP contribution is 2.29. The van der Waals surface area contributed by atoms with Gasteiger partial charge in [-0.15, -0.1) is 0 Å². The summed E-state index contributed by atoms with van der Waals surface area (Å²) < 4.78 is 14.4. The second kappa shape index (κ2) is 7.00. The van der Waals surface area contributed by atoms with E-state index in [4.69, 9.17) is 11.6 Å². The molecule has 0 bridgehead atoms. The van der Waals surface area contributed by atoms with Crippen LogP contribution in [0.1, 0.15) is 44.1 Å². The SMILES string of the molecule is FC1=C(NC2CCCCC2)CC=C(c2c[nH]c3ncc(Cl)cc23)N=C1. The summed E-state index contributed by atoms with van der Waals surface area (Å²) in [6.45, 7) is 0. The van der Waals surface area contributed by atoms with Crippen molar-refractivity contribution in [2.75, 3.05) is 0 Å². The number of hydrogen-bond donors (Lipinski definition) is 2. The molecule has 1 aliphatic carbocycles. The standard InChI is InChI=1S/C19H20ClFN4/c20-12-8-14-15(10-24-19(14)23-9-12)17-6-7-18(16(21)11-22-17)25-13-4-2-1-3-5-13/h6,8-11,13,25H,1-5,7H2,(H,23,24). The molecule has 0 amide bonds. The van der Waals surface area contributed by atoms with Gasteiger partial charge in [0.1, 0.15) is 5.65 Å². The van der Waals surface area contributed by atoms with Crippen molar-refractivity contribution in [3.63, 3.8) is 0 Å². The third kappa shape index (κ3) is 3.47. The fourth-order valence-electron chi connectivity index (χ4n) is 3.54. The van der Waals surface area contributed by atoms with Crippen molar-refractivity contribution in [2.45, 2.75) is 44.6 Å². The van der Waals surface area contributed by atoms with E-state index in [9.17, 15) is 4.39 Å². The minimum Gasteiger partial charge on any atom is -0.383 e. The molecule has 1 aliphatic heterocycles. The molecule has 0 radical (unpaired) electrons. The zero-order chi connectivity index (χ0) is 17.2. The van der Waals surface area contributed by atoms with Gasteiger partial charge in [-0.2, -0.15) is 0 Å². The van der Waals surface area contributed by atoms with Crippen LogP contribution in [0, 0.1) is 0 Å². The Morgan fingerprint density at radius 2 is 2.08 bits per heavy atom. The zero-order valence-electron chi connectivity index (χ0n) is 13.9. The molecule has 2 aromatic rings. The first kappa shape index (κ1) is 16.3. The van der Waals surface area contributed by atoms with Crippen LogP contribution in [-0.4, -0.2) is 22.2 Å². The van der Waals surface area contributed by atoms with E-state index in [0.29, 0.717) is 23.2 Å². The van der Waals surface area contributed by atoms with Gasteiger partial charge < -0.3 is 10.3 Å². The molecule has 2 N–H and O–H groups in total. The average molecular weight is 359 g/mol. The molecule has 2 aliphatic rings. The number of fused-ring (bicyclic) bond motifs is 1. The van der Waals surface area contributed by atoms with Crippen molar-refractivity contribution in [3.8, 4) is 0 Å². The lowest BCUT2D eigenvalue weighted by Gasteiger charge is -2.24. The minimum absolute atomic E-state index is 0.284. The molecule has 0 atom stereocenters. The van der Waals surface area contributed by atoms with Gasteiger partial charge in [-0.25, -0.2) is 9.37 Å². The molecule has 1 saturated carbocycles. The van der Waals surface area contributed by atoms with E-state index < -0.39 is 0 Å². The molecule has 1 fully saturated rings. The quantitative estimate of drug-likeness (QED) is 0.798. The number of pyridine rings is 1. The van der Waals surface area contributed by atoms with Crippen LogP contribution in [0.3, 0.4) is 0 Å². The molecular weight excluding hydrogens is 339 g/mol. The highest BCUT2D eigenvalue weighted by molar-refractivity contribution is 6.31. The second-order valence-electron chi connectivity index (χ2n) is 6.61. The number of hydrogen-bond acceptors (Lipinski definition) is 3. The topological polar surface area (TPSA) is 53.1 Å². The predicted molar refractivity (Wildman–Crippen MR) is 100 cm³/mol. The van der Waals surface area contributed by atoms with Gasteiger partial charge in [0, 0.05) is 35.8 Å². The minimum atomic E-state index is -0.284. The van der Waals surface area contributed by atoms with Crippen LogP contribution in [0.15, 0.2) is 41.1 Å². The number of rotatable bonds is 3. The normalized spacial score (nSPS) is 19.2. The summed E-state index contributed by atoms with van der Waals surface area (Å²) in [6, 6.07) is 2.22. The van der Waals surface area contributed by atoms with E-state index in [1.807, 2.05) is 18.3 Å². The molecule has 2 aromatic heterocycles. The van der Waals surface area contributed by atoms with Crippen molar-refractivity contribution in [1.82, 2.24) is 15.3 Å². The van der Waals surface area contributed by atoms with Gasteiger partial charge in [0.15, 0.2) is 5.83 Å². The fourth-order valence-corrected chi connectivity index (χ4v) is 3.70. The first-order valence-electron chi connectivity index (χ1n) is 8.73. The van der Waals surface area contributed by atoms with Gasteiger partial charge in [-0.05, 0) is 18.9 Å². The van der Waals surface area contributed by atoms with Crippen molar-refractivity contribution in [3.05, 3.63) is 46.6 Å². The van der Waals surface area contributed by atoms with Gasteiger partial charge in [-0.1, -0.05) is 36.9 Å². The Morgan fingerprint density at radius 1 is 1.24 bits per heavy atom. The second-order valence-corrected chi connectivity index (χ2v) is 7.05. The number of nitrogens with zero attached hydrogens (tertiary/aromatic N) is 2. The van der Waals surface area contributed by atoms with Gasteiger partial charge >= 0.3 is 0 Å². The Kier molecular flexibility index (Phi) is 4.57. The third-order valence-corrected chi connectivity index (χ3v) is 5.07. The maximum Gasteiger partial charge on any atom is 0.160 e. The highest BCUT2D eigenvalue weighted by atomic mass is 35.5. The van der Waals surface area contributed by atoms with Gasteiger partial charge in [-0.3, -0.25) is 4.99 Å². The number of halogens is 2. The van der Waals surface area contributed by atoms with Crippen molar-refractivity contribution in [1.29, 1.82) is 0 Å². The lowest BCUT2D eigenvalue weighted by Crippen LogP contribution is -2.30. The van der Waals surface area contributed by atoms with Crippen LogP contribution in [0.5, 0.6) is 0 Å². The summed E-state index contributed by atoms with van der Waals surface area (Å²) in [5, 5.41) is 4.84. The maximum atomic E-state index is 14.4. The van der Waals surface area contributed by atoms with Crippen molar-refractivity contribution >= 4 is 34.5 Å². The Hall–Kier alpha value is -2.14. The van der Waals surface area contributed by atoms with Crippen LogP contribution in [0.4, 0.5) is 4.39 Å². The van der Waals surface area contributed by atoms with Crippen LogP contribution in [-0.2, 0) is 0 Å². The predicted octanol–water partition coefficient (Wildman–Crippen LogP) is 5.14. The van der Waals surface area contributed by atoms with Crippen LogP contribution < -0.4 is 5.32 Å². The van der Waals surface area contributed by atoms with Gasteiger partial charge in [0.05, 0.1) is 22.6 Å². The lowest BCUT2D eigenvalue weighted by molar-refractivity contribution is 0.391. The van der Waals surface area contributed by atoms with Crippen LogP contribution in [0.25, 0.3) is 16.7 Å². The first-order valence-corrected chi connectivity index (χ1v) is 9.11. The molecule has 0 aromatic carbocycles.